The van der Waals surface area contributed by atoms with Crippen LogP contribution in [0.5, 0.6) is 0 Å². The van der Waals surface area contributed by atoms with Crippen LogP contribution in [0.4, 0.5) is 32.9 Å². The summed E-state index contributed by atoms with van der Waals surface area (Å²) in [6.45, 7) is 46.4. The molecule has 10 heterocycles. The molecule has 6 aromatic heterocycles. The summed E-state index contributed by atoms with van der Waals surface area (Å²) in [7, 11) is -0.952. The van der Waals surface area contributed by atoms with Crippen molar-refractivity contribution in [3.05, 3.63) is 141 Å². The average Bonchev–Trinajstić information content (AvgIpc) is 1.59. The van der Waals surface area contributed by atoms with E-state index < -0.39 is 31.3 Å². The van der Waals surface area contributed by atoms with Gasteiger partial charge in [0, 0.05) is 97.8 Å². The molecule has 0 spiro atoms. The van der Waals surface area contributed by atoms with Gasteiger partial charge in [-0.3, -0.25) is 19.0 Å². The van der Waals surface area contributed by atoms with Crippen molar-refractivity contribution in [3.63, 3.8) is 0 Å². The lowest BCUT2D eigenvalue weighted by molar-refractivity contribution is 0.00578. The Morgan fingerprint density at radius 3 is 1.36 bits per heavy atom. The number of Topliss-reactive ketones (excluding diaryl/α,β-unsaturated/α-hetero) is 2. The number of nitrogens with zero attached hydrogens (tertiary/aromatic N) is 14. The quantitative estimate of drug-likeness (QED) is 0.0580. The molecule has 4 aliphatic heterocycles. The standard InChI is InChI=1S/C32H40N8O4.C23H30BrN3O4.C12H24B2O4.C9H10ClN5/c1-8-40-19-23(17-34-40)35-29-33-13-11-25(36-29)21-9-10-24-20(16-26(41)27-37-28(44-38-27)31(2,3)4)12-14-39(18-22(24)15-21)30(42)43-32(5,6)7;1-22(2,3)20-25-19(26-31-20)18(28)12-14-9-10-27(21(29)30-23(4,5)6)13-15-11-16(24)7-8-17(14)15;1-9(2)10(3,4)16-13(15-9)14-17-11(5,6)12(7,8)18-14;1-2-15-6-7(5-12-15)13-9-11-4-3-8(10)14-9/h9-11,13,15,17,19-20H,8,12,14,16,18H2,1-7H3,(H,33,35,36);7-8,11,14H,9-10,12-13H2,1-6H3;1-8H3;3-6H,2H2,1H3,(H,11,13,14). The minimum atomic E-state index is -0.634. The molecule has 2 saturated heterocycles. The average molecular weight is 1570 g/mol. The lowest BCUT2D eigenvalue weighted by Crippen LogP contribution is -2.41. The van der Waals surface area contributed by atoms with Crippen LogP contribution in [0.2, 0.25) is 5.15 Å². The topological polar surface area (TPSA) is 319 Å². The van der Waals surface area contributed by atoms with E-state index in [4.69, 9.17) is 53.7 Å². The molecule has 4 aliphatic rings. The van der Waals surface area contributed by atoms with Crippen molar-refractivity contribution in [2.24, 2.45) is 0 Å². The molecule has 0 aliphatic carbocycles. The molecule has 2 N–H and O–H groups in total. The number of nitrogens with one attached hydrogen (secondary N) is 2. The molecule has 12 rings (SSSR count). The Labute approximate surface area is 647 Å². The highest BCUT2D eigenvalue weighted by Crippen LogP contribution is 2.44. The second-order valence-corrected chi connectivity index (χ2v) is 34.6. The Hall–Kier alpha value is -8.48. The minimum absolute atomic E-state index is 0.0559. The van der Waals surface area contributed by atoms with Gasteiger partial charge in [-0.25, -0.2) is 29.5 Å². The predicted molar refractivity (Wildman–Crippen MR) is 415 cm³/mol. The number of carbonyl (C=O) groups excluding carboxylic acids is 4. The van der Waals surface area contributed by atoms with Gasteiger partial charge in [0.2, 0.25) is 46.9 Å². The van der Waals surface area contributed by atoms with E-state index >= 15 is 0 Å². The SMILES string of the molecule is CC(C)(C)OC(=O)N1CCC(CC(=O)c2noc(C(C)(C)C)n2)c2ccc(Br)cc2C1.CC1(C)OB(B2OC(C)(C)C(C)(C)O2)OC1(C)C.CCn1cc(Nc2nccc(-c3ccc4c(c3)CN(C(=O)OC(C)(C)C)CCC4CC(=O)c3noc(C(C)(C)C)n3)n2)cn1.CCn1cc(Nc2nccc(Cl)n2)cn1. The van der Waals surface area contributed by atoms with Crippen LogP contribution in [-0.2, 0) is 65.1 Å². The van der Waals surface area contributed by atoms with Gasteiger partial charge in [0.05, 0.1) is 51.9 Å². The van der Waals surface area contributed by atoms with Crippen molar-refractivity contribution in [1.29, 1.82) is 0 Å². The van der Waals surface area contributed by atoms with E-state index in [9.17, 15) is 19.2 Å². The van der Waals surface area contributed by atoms with Crippen molar-refractivity contribution >= 4 is 88.6 Å². The highest BCUT2D eigenvalue weighted by atomic mass is 79.9. The third-order valence-electron chi connectivity index (χ3n) is 18.9. The van der Waals surface area contributed by atoms with Crippen molar-refractivity contribution in [2.75, 3.05) is 23.7 Å². The zero-order valence-corrected chi connectivity index (χ0v) is 68.7. The van der Waals surface area contributed by atoms with Crippen molar-refractivity contribution in [1.82, 2.24) is 69.6 Å². The van der Waals surface area contributed by atoms with Crippen molar-refractivity contribution < 1.29 is 56.3 Å². The first-order chi connectivity index (χ1) is 50.3. The maximum absolute atomic E-state index is 13.4. The molecule has 2 amide bonds. The van der Waals surface area contributed by atoms with Gasteiger partial charge >= 0.3 is 26.2 Å². The highest BCUT2D eigenvalue weighted by Gasteiger charge is 2.64. The molecule has 0 bridgehead atoms. The summed E-state index contributed by atoms with van der Waals surface area (Å²) in [6, 6.07) is 15.5. The van der Waals surface area contributed by atoms with Gasteiger partial charge in [-0.15, -0.1) is 0 Å². The normalized spacial score (nSPS) is 18.0. The lowest BCUT2D eigenvalue weighted by atomic mass is 9.49. The lowest BCUT2D eigenvalue weighted by Gasteiger charge is -2.32. The third-order valence-corrected chi connectivity index (χ3v) is 19.6. The predicted octanol–water partition coefficient (Wildman–Crippen LogP) is 16.2. The van der Waals surface area contributed by atoms with Gasteiger partial charge < -0.3 is 57.6 Å². The smallest absolute Gasteiger partial charge is 0.444 e. The van der Waals surface area contributed by atoms with Gasteiger partial charge in [0.25, 0.3) is 0 Å². The number of hydrogen-bond donors (Lipinski definition) is 2. The number of benzene rings is 2. The molecule has 108 heavy (non-hydrogen) atoms. The Kier molecular flexibility index (Phi) is 25.8. The Bertz CT molecular complexity index is 4390. The monoisotopic (exact) mass is 1570 g/mol. The van der Waals surface area contributed by atoms with Crippen LogP contribution in [0.3, 0.4) is 0 Å². The van der Waals surface area contributed by atoms with Gasteiger partial charge in [-0.1, -0.05) is 97.6 Å². The molecule has 2 unspecified atom stereocenters. The molecule has 32 heteroatoms. The summed E-state index contributed by atoms with van der Waals surface area (Å²) in [6.07, 6.45) is 11.4. The number of hydrogen-bond acceptors (Lipinski definition) is 24. The van der Waals surface area contributed by atoms with E-state index in [0.29, 0.717) is 67.9 Å². The molecule has 2 fully saturated rings. The Balaban J connectivity index is 0.000000181. The molecule has 8 aromatic rings. The fraction of sp³-hybridized carbons (Fsp3) is 0.553. The fourth-order valence-corrected chi connectivity index (χ4v) is 12.2. The van der Waals surface area contributed by atoms with E-state index in [-0.39, 0.29) is 87.2 Å². The van der Waals surface area contributed by atoms with E-state index in [1.807, 2.05) is 217 Å². The summed E-state index contributed by atoms with van der Waals surface area (Å²) >= 11 is 9.25. The second-order valence-electron chi connectivity index (χ2n) is 33.3. The van der Waals surface area contributed by atoms with E-state index in [2.05, 4.69) is 72.0 Å². The zero-order valence-electron chi connectivity index (χ0n) is 66.4. The number of rotatable bonds is 14. The number of halogens is 2. The summed E-state index contributed by atoms with van der Waals surface area (Å²) in [5.41, 5.74) is 3.87. The first-order valence-electron chi connectivity index (χ1n) is 36.5. The van der Waals surface area contributed by atoms with Crippen LogP contribution in [-0.4, -0.2) is 154 Å². The van der Waals surface area contributed by atoms with E-state index in [1.54, 1.807) is 40.7 Å². The molecule has 2 aromatic carbocycles. The number of fused-ring (bicyclic) bond motifs is 2. The minimum Gasteiger partial charge on any atom is -0.444 e. The number of carbonyl (C=O) groups is 4. The van der Waals surface area contributed by atoms with Gasteiger partial charge in [-0.2, -0.15) is 20.2 Å². The van der Waals surface area contributed by atoms with Crippen LogP contribution < -0.4 is 10.6 Å². The molecular weight excluding hydrogens is 1470 g/mol. The molecular formula is C76H104B2BrClN16O12. The number of amides is 2. The highest BCUT2D eigenvalue weighted by molar-refractivity contribution is 9.10. The first-order valence-corrected chi connectivity index (χ1v) is 37.7. The molecule has 580 valence electrons. The van der Waals surface area contributed by atoms with Crippen LogP contribution >= 0.6 is 27.5 Å². The summed E-state index contributed by atoms with van der Waals surface area (Å²) in [4.78, 5) is 81.4. The number of aryl methyl sites for hydroxylation is 2. The van der Waals surface area contributed by atoms with Crippen LogP contribution in [0.1, 0.15) is 245 Å². The number of anilines is 4. The third kappa shape index (κ3) is 21.9. The molecule has 0 radical (unpaired) electrons. The maximum Gasteiger partial charge on any atom is 0.488 e. The van der Waals surface area contributed by atoms with Crippen LogP contribution in [0, 0.1) is 0 Å². The number of aromatic nitrogens is 12. The van der Waals surface area contributed by atoms with Crippen LogP contribution in [0.15, 0.2) is 99.2 Å². The summed E-state index contributed by atoms with van der Waals surface area (Å²) in [5.74, 6) is 1.38. The van der Waals surface area contributed by atoms with Crippen molar-refractivity contribution in [3.8, 4) is 11.3 Å². The molecule has 28 nitrogen and oxygen atoms in total. The summed E-state index contributed by atoms with van der Waals surface area (Å²) in [5, 5.41) is 22.9. The maximum atomic E-state index is 13.4. The van der Waals surface area contributed by atoms with E-state index in [1.165, 1.54) is 0 Å². The van der Waals surface area contributed by atoms with Crippen LogP contribution in [0.25, 0.3) is 11.3 Å². The second kappa shape index (κ2) is 33.4. The number of ether oxygens (including phenoxy) is 2. The molecule has 2 atom stereocenters. The Morgan fingerprint density at radius 2 is 0.972 bits per heavy atom. The van der Waals surface area contributed by atoms with E-state index in [0.717, 1.165) is 62.4 Å². The van der Waals surface area contributed by atoms with Gasteiger partial charge in [0.15, 0.2) is 0 Å². The zero-order chi connectivity index (χ0) is 79.3. The first kappa shape index (κ1) is 83.6. The van der Waals surface area contributed by atoms with Gasteiger partial charge in [0.1, 0.15) is 16.4 Å². The fourth-order valence-electron chi connectivity index (χ4n) is 11.7. The van der Waals surface area contributed by atoms with Crippen molar-refractivity contribution in [2.45, 2.75) is 260 Å². The largest absolute Gasteiger partial charge is 0.488 e. The Morgan fingerprint density at radius 1 is 0.565 bits per heavy atom. The summed E-state index contributed by atoms with van der Waals surface area (Å²) < 4.78 is 50.4. The molecule has 0 saturated carbocycles. The number of ketones is 2. The van der Waals surface area contributed by atoms with Gasteiger partial charge in [-0.05, 0) is 188 Å².